The SMILES string of the molecule is Cc1c(C(=O)O)nc(-c2ccc(C(F)(F)F)cc2)n1CC1CCCCC1. The molecule has 1 fully saturated rings. The average molecular weight is 366 g/mol. The number of benzene rings is 1. The molecular weight excluding hydrogens is 345 g/mol. The van der Waals surface area contributed by atoms with Gasteiger partial charge in [-0.1, -0.05) is 31.4 Å². The summed E-state index contributed by atoms with van der Waals surface area (Å²) in [5.41, 5.74) is 0.250. The molecule has 1 aromatic heterocycles. The lowest BCUT2D eigenvalue weighted by Crippen LogP contribution is -2.16. The smallest absolute Gasteiger partial charge is 0.416 e. The van der Waals surface area contributed by atoms with Crippen LogP contribution in [-0.2, 0) is 12.7 Å². The molecule has 1 N–H and O–H groups in total. The van der Waals surface area contributed by atoms with Gasteiger partial charge < -0.3 is 9.67 Å². The number of rotatable bonds is 4. The van der Waals surface area contributed by atoms with Crippen LogP contribution in [0.5, 0.6) is 0 Å². The zero-order valence-electron chi connectivity index (χ0n) is 14.5. The number of aromatic nitrogens is 2. The Morgan fingerprint density at radius 1 is 1.19 bits per heavy atom. The summed E-state index contributed by atoms with van der Waals surface area (Å²) < 4.78 is 40.2. The number of nitrogens with zero attached hydrogens (tertiary/aromatic N) is 2. The second-order valence-electron chi connectivity index (χ2n) is 6.86. The van der Waals surface area contributed by atoms with Crippen molar-refractivity contribution in [3.8, 4) is 11.4 Å². The molecule has 0 saturated heterocycles. The number of hydrogen-bond acceptors (Lipinski definition) is 2. The van der Waals surface area contributed by atoms with E-state index in [2.05, 4.69) is 4.98 Å². The molecule has 1 aromatic carbocycles. The van der Waals surface area contributed by atoms with Gasteiger partial charge in [-0.25, -0.2) is 9.78 Å². The van der Waals surface area contributed by atoms with Crippen LogP contribution in [0.15, 0.2) is 24.3 Å². The minimum Gasteiger partial charge on any atom is -0.476 e. The second-order valence-corrected chi connectivity index (χ2v) is 6.86. The molecular formula is C19H21F3N2O2. The van der Waals surface area contributed by atoms with Crippen molar-refractivity contribution in [2.45, 2.75) is 51.7 Å². The highest BCUT2D eigenvalue weighted by Gasteiger charge is 2.30. The van der Waals surface area contributed by atoms with Crippen molar-refractivity contribution < 1.29 is 23.1 Å². The highest BCUT2D eigenvalue weighted by molar-refractivity contribution is 5.87. The van der Waals surface area contributed by atoms with E-state index in [0.717, 1.165) is 37.8 Å². The van der Waals surface area contributed by atoms with E-state index in [1.807, 2.05) is 4.57 Å². The topological polar surface area (TPSA) is 55.1 Å². The highest BCUT2D eigenvalue weighted by atomic mass is 19.4. The van der Waals surface area contributed by atoms with Crippen LogP contribution in [0.3, 0.4) is 0 Å². The molecule has 26 heavy (non-hydrogen) atoms. The van der Waals surface area contributed by atoms with Gasteiger partial charge in [-0.2, -0.15) is 13.2 Å². The monoisotopic (exact) mass is 366 g/mol. The van der Waals surface area contributed by atoms with Crippen molar-refractivity contribution in [3.63, 3.8) is 0 Å². The van der Waals surface area contributed by atoms with Gasteiger partial charge in [-0.15, -0.1) is 0 Å². The molecule has 0 amide bonds. The Balaban J connectivity index is 1.99. The maximum atomic E-state index is 12.8. The van der Waals surface area contributed by atoms with Crippen LogP contribution in [0.25, 0.3) is 11.4 Å². The molecule has 3 rings (SSSR count). The van der Waals surface area contributed by atoms with Crippen molar-refractivity contribution in [1.82, 2.24) is 9.55 Å². The van der Waals surface area contributed by atoms with Crippen molar-refractivity contribution in [3.05, 3.63) is 41.2 Å². The molecule has 1 aliphatic rings. The zero-order valence-corrected chi connectivity index (χ0v) is 14.5. The van der Waals surface area contributed by atoms with E-state index < -0.39 is 17.7 Å². The summed E-state index contributed by atoms with van der Waals surface area (Å²) in [6.07, 6.45) is 1.27. The molecule has 0 aliphatic heterocycles. The third-order valence-corrected chi connectivity index (χ3v) is 5.06. The lowest BCUT2D eigenvalue weighted by atomic mass is 9.89. The van der Waals surface area contributed by atoms with Crippen LogP contribution in [-0.4, -0.2) is 20.6 Å². The number of alkyl halides is 3. The van der Waals surface area contributed by atoms with Crippen LogP contribution in [0, 0.1) is 12.8 Å². The van der Waals surface area contributed by atoms with Crippen LogP contribution in [0.2, 0.25) is 0 Å². The Bertz CT molecular complexity index is 788. The fourth-order valence-electron chi connectivity index (χ4n) is 3.62. The number of aromatic carboxylic acids is 1. The van der Waals surface area contributed by atoms with Gasteiger partial charge in [0.1, 0.15) is 5.82 Å². The quantitative estimate of drug-likeness (QED) is 0.814. The summed E-state index contributed by atoms with van der Waals surface area (Å²) in [7, 11) is 0. The normalized spacial score (nSPS) is 16.0. The Hall–Kier alpha value is -2.31. The first-order chi connectivity index (χ1) is 12.3. The van der Waals surface area contributed by atoms with E-state index in [1.165, 1.54) is 18.6 Å². The van der Waals surface area contributed by atoms with Gasteiger partial charge in [0.25, 0.3) is 0 Å². The molecule has 0 spiro atoms. The van der Waals surface area contributed by atoms with Crippen LogP contribution < -0.4 is 0 Å². The molecule has 1 saturated carbocycles. The van der Waals surface area contributed by atoms with Crippen molar-refractivity contribution in [2.75, 3.05) is 0 Å². The van der Waals surface area contributed by atoms with Crippen molar-refractivity contribution in [2.24, 2.45) is 5.92 Å². The van der Waals surface area contributed by atoms with E-state index in [4.69, 9.17) is 0 Å². The lowest BCUT2D eigenvalue weighted by Gasteiger charge is -2.23. The Morgan fingerprint density at radius 3 is 2.35 bits per heavy atom. The third-order valence-electron chi connectivity index (χ3n) is 5.06. The number of carboxylic acid groups (broad SMARTS) is 1. The first kappa shape index (κ1) is 18.5. The van der Waals surface area contributed by atoms with Crippen LogP contribution in [0.4, 0.5) is 13.2 Å². The summed E-state index contributed by atoms with van der Waals surface area (Å²) in [5, 5.41) is 9.38. The number of carboxylic acids is 1. The van der Waals surface area contributed by atoms with Gasteiger partial charge in [0, 0.05) is 17.8 Å². The molecule has 1 heterocycles. The maximum absolute atomic E-state index is 12.8. The molecule has 0 unspecified atom stereocenters. The standard InChI is InChI=1S/C19H21F3N2O2/c1-12-16(18(25)26)23-17(24(12)11-13-5-3-2-4-6-13)14-7-9-15(10-8-14)19(20,21)22/h7-10,13H,2-6,11H2,1H3,(H,25,26). The predicted molar refractivity (Wildman–Crippen MR) is 90.9 cm³/mol. The number of halogens is 3. The molecule has 1 aliphatic carbocycles. The first-order valence-corrected chi connectivity index (χ1v) is 8.75. The zero-order chi connectivity index (χ0) is 18.9. The second kappa shape index (κ2) is 7.13. The van der Waals surface area contributed by atoms with E-state index in [1.54, 1.807) is 6.92 Å². The Labute approximate surface area is 149 Å². The van der Waals surface area contributed by atoms with E-state index in [0.29, 0.717) is 29.5 Å². The maximum Gasteiger partial charge on any atom is 0.416 e. The van der Waals surface area contributed by atoms with E-state index in [-0.39, 0.29) is 5.69 Å². The summed E-state index contributed by atoms with van der Waals surface area (Å²) in [5.74, 6) is -0.274. The van der Waals surface area contributed by atoms with Gasteiger partial charge in [0.2, 0.25) is 0 Å². The Kier molecular flexibility index (Phi) is 5.07. The lowest BCUT2D eigenvalue weighted by molar-refractivity contribution is -0.137. The number of imidazole rings is 1. The molecule has 0 bridgehead atoms. The van der Waals surface area contributed by atoms with Crippen molar-refractivity contribution >= 4 is 5.97 Å². The summed E-state index contributed by atoms with van der Waals surface area (Å²) in [6, 6.07) is 4.72. The minimum absolute atomic E-state index is 0.0456. The molecule has 0 radical (unpaired) electrons. The minimum atomic E-state index is -4.40. The fraction of sp³-hybridized carbons (Fsp3) is 0.474. The average Bonchev–Trinajstić information content (AvgIpc) is 2.92. The number of hydrogen-bond donors (Lipinski definition) is 1. The van der Waals surface area contributed by atoms with Crippen LogP contribution in [0.1, 0.15) is 53.8 Å². The highest BCUT2D eigenvalue weighted by Crippen LogP contribution is 2.32. The largest absolute Gasteiger partial charge is 0.476 e. The first-order valence-electron chi connectivity index (χ1n) is 8.75. The summed E-state index contributed by atoms with van der Waals surface area (Å²) in [6.45, 7) is 2.34. The molecule has 140 valence electrons. The van der Waals surface area contributed by atoms with Gasteiger partial charge in [0.05, 0.1) is 5.56 Å². The van der Waals surface area contributed by atoms with Gasteiger partial charge in [-0.3, -0.25) is 0 Å². The number of carbonyl (C=O) groups is 1. The molecule has 7 heteroatoms. The molecule has 4 nitrogen and oxygen atoms in total. The molecule has 0 atom stereocenters. The van der Waals surface area contributed by atoms with Crippen LogP contribution >= 0.6 is 0 Å². The predicted octanol–water partition coefficient (Wildman–Crippen LogP) is 5.16. The van der Waals surface area contributed by atoms with E-state index in [9.17, 15) is 23.1 Å². The van der Waals surface area contributed by atoms with Gasteiger partial charge in [0.15, 0.2) is 5.69 Å². The Morgan fingerprint density at radius 2 is 1.81 bits per heavy atom. The molecule has 2 aromatic rings. The summed E-state index contributed by atoms with van der Waals surface area (Å²) in [4.78, 5) is 15.7. The summed E-state index contributed by atoms with van der Waals surface area (Å²) >= 11 is 0. The van der Waals surface area contributed by atoms with E-state index >= 15 is 0 Å². The third kappa shape index (κ3) is 3.76. The van der Waals surface area contributed by atoms with Crippen molar-refractivity contribution in [1.29, 1.82) is 0 Å². The van der Waals surface area contributed by atoms with Gasteiger partial charge in [-0.05, 0) is 37.8 Å². The van der Waals surface area contributed by atoms with Gasteiger partial charge >= 0.3 is 12.1 Å². The fourth-order valence-corrected chi connectivity index (χ4v) is 3.62.